The van der Waals surface area contributed by atoms with Crippen molar-refractivity contribution < 1.29 is 28.7 Å². The molecule has 1 aliphatic rings. The van der Waals surface area contributed by atoms with Gasteiger partial charge in [0, 0.05) is 30.5 Å². The molecular formula is C26H40N4O6. The molecule has 1 aliphatic heterocycles. The number of rotatable bonds is 10. The Morgan fingerprint density at radius 2 is 1.92 bits per heavy atom. The molecule has 1 aromatic carbocycles. The highest BCUT2D eigenvalue weighted by Crippen LogP contribution is 2.25. The summed E-state index contributed by atoms with van der Waals surface area (Å²) in [6, 6.07) is 6.76. The van der Waals surface area contributed by atoms with Crippen LogP contribution in [0.15, 0.2) is 24.3 Å². The average Bonchev–Trinajstić information content (AvgIpc) is 3.44. The minimum absolute atomic E-state index is 0.0573. The molecule has 0 spiro atoms. The molecule has 2 heterocycles. The van der Waals surface area contributed by atoms with E-state index in [2.05, 4.69) is 41.7 Å². The van der Waals surface area contributed by atoms with Gasteiger partial charge in [-0.3, -0.25) is 19.2 Å². The second-order valence-corrected chi connectivity index (χ2v) is 9.06. The number of carbonyl (C=O) groups is 4. The smallest absolute Gasteiger partial charge is 0.234 e. The van der Waals surface area contributed by atoms with Crippen molar-refractivity contribution in [3.8, 4) is 5.75 Å². The number of likely N-dealkylation sites (N-methyl/N-ethyl adjacent to an activating group) is 1. The lowest BCUT2D eigenvalue weighted by molar-refractivity contribution is -0.130. The number of aromatic nitrogens is 1. The van der Waals surface area contributed by atoms with Crippen molar-refractivity contribution in [1.82, 2.24) is 20.9 Å². The second-order valence-electron chi connectivity index (χ2n) is 9.06. The number of benzene rings is 1. The van der Waals surface area contributed by atoms with Gasteiger partial charge >= 0.3 is 0 Å². The summed E-state index contributed by atoms with van der Waals surface area (Å²) in [5.41, 5.74) is 1.49. The standard InChI is InChI=1S/C12H21N3O4.C10H9NO2.C4H10/c1-13-6-11(17)15-9(10(16)7-19-2)5-8-3-4-14-12(8)18;1-13-10-4-2-3-9-8(10)5-7(6-12)11-9;1-4(2)3/h8-9,13H,3-7H2,1-2H3,(H,14,18)(H,15,17);2-6,11H,1H3;4H,1-3H3. The highest BCUT2D eigenvalue weighted by atomic mass is 16.5. The molecule has 1 saturated heterocycles. The number of ether oxygens (including phenoxy) is 2. The van der Waals surface area contributed by atoms with Crippen LogP contribution in [0.25, 0.3) is 10.9 Å². The molecule has 0 bridgehead atoms. The number of H-pyrrole nitrogens is 1. The van der Waals surface area contributed by atoms with E-state index in [4.69, 9.17) is 9.47 Å². The molecule has 2 amide bonds. The van der Waals surface area contributed by atoms with Crippen LogP contribution >= 0.6 is 0 Å². The van der Waals surface area contributed by atoms with Crippen LogP contribution in [-0.4, -0.2) is 75.9 Å². The molecule has 1 aromatic heterocycles. The summed E-state index contributed by atoms with van der Waals surface area (Å²) >= 11 is 0. The van der Waals surface area contributed by atoms with Crippen LogP contribution in [-0.2, 0) is 19.1 Å². The minimum Gasteiger partial charge on any atom is -0.496 e. The van der Waals surface area contributed by atoms with Crippen molar-refractivity contribution >= 4 is 34.8 Å². The molecule has 1 fully saturated rings. The van der Waals surface area contributed by atoms with E-state index in [1.54, 1.807) is 20.2 Å². The fourth-order valence-corrected chi connectivity index (χ4v) is 3.46. The summed E-state index contributed by atoms with van der Waals surface area (Å²) in [6.45, 7) is 7.19. The number of amides is 2. The predicted octanol–water partition coefficient (Wildman–Crippen LogP) is 2.08. The number of fused-ring (bicyclic) bond motifs is 1. The fraction of sp³-hybridized carbons (Fsp3) is 0.538. The predicted molar refractivity (Wildman–Crippen MR) is 139 cm³/mol. The number of methoxy groups -OCH3 is 2. The second kappa shape index (κ2) is 16.4. The average molecular weight is 505 g/mol. The number of nitrogens with one attached hydrogen (secondary N) is 4. The van der Waals surface area contributed by atoms with Gasteiger partial charge in [0.05, 0.1) is 25.4 Å². The van der Waals surface area contributed by atoms with Crippen molar-refractivity contribution in [2.45, 2.75) is 39.7 Å². The van der Waals surface area contributed by atoms with Crippen molar-refractivity contribution in [2.24, 2.45) is 11.8 Å². The lowest BCUT2D eigenvalue weighted by atomic mass is 9.96. The van der Waals surface area contributed by atoms with E-state index < -0.39 is 6.04 Å². The normalized spacial score (nSPS) is 15.2. The number of aldehydes is 1. The Balaban J connectivity index is 0.000000328. The zero-order valence-electron chi connectivity index (χ0n) is 22.1. The van der Waals surface area contributed by atoms with Gasteiger partial charge in [-0.1, -0.05) is 26.8 Å². The number of hydrogen-bond acceptors (Lipinski definition) is 7. The zero-order valence-corrected chi connectivity index (χ0v) is 22.1. The monoisotopic (exact) mass is 504 g/mol. The Morgan fingerprint density at radius 1 is 1.22 bits per heavy atom. The van der Waals surface area contributed by atoms with Gasteiger partial charge in [0.25, 0.3) is 0 Å². The Bertz CT molecular complexity index is 985. The van der Waals surface area contributed by atoms with Gasteiger partial charge in [-0.25, -0.2) is 0 Å². The number of Topliss-reactive ketones (excluding diaryl/α,β-unsaturated/α-hetero) is 1. The summed E-state index contributed by atoms with van der Waals surface area (Å²) < 4.78 is 9.95. The first-order valence-corrected chi connectivity index (χ1v) is 12.0. The maximum Gasteiger partial charge on any atom is 0.234 e. The first-order chi connectivity index (χ1) is 17.2. The van der Waals surface area contributed by atoms with Gasteiger partial charge in [0.1, 0.15) is 12.4 Å². The molecule has 2 aromatic rings. The Hall–Kier alpha value is -3.24. The molecule has 3 rings (SSSR count). The van der Waals surface area contributed by atoms with Gasteiger partial charge in [0.2, 0.25) is 11.8 Å². The van der Waals surface area contributed by atoms with E-state index in [0.717, 1.165) is 28.9 Å². The van der Waals surface area contributed by atoms with E-state index in [9.17, 15) is 19.2 Å². The summed E-state index contributed by atoms with van der Waals surface area (Å²) in [5, 5.41) is 9.01. The van der Waals surface area contributed by atoms with Crippen molar-refractivity contribution in [1.29, 1.82) is 0 Å². The molecule has 2 atom stereocenters. The fourth-order valence-electron chi connectivity index (χ4n) is 3.46. The quantitative estimate of drug-likeness (QED) is 0.363. The topological polar surface area (TPSA) is 139 Å². The maximum absolute atomic E-state index is 11.9. The van der Waals surface area contributed by atoms with Crippen LogP contribution in [0.4, 0.5) is 0 Å². The van der Waals surface area contributed by atoms with Crippen LogP contribution in [0.5, 0.6) is 5.75 Å². The molecule has 10 nitrogen and oxygen atoms in total. The van der Waals surface area contributed by atoms with Crippen molar-refractivity contribution in [3.63, 3.8) is 0 Å². The summed E-state index contributed by atoms with van der Waals surface area (Å²) in [4.78, 5) is 48.4. The first-order valence-electron chi connectivity index (χ1n) is 12.0. The van der Waals surface area contributed by atoms with Crippen LogP contribution < -0.4 is 20.7 Å². The van der Waals surface area contributed by atoms with Crippen molar-refractivity contribution in [2.75, 3.05) is 41.0 Å². The highest BCUT2D eigenvalue weighted by Gasteiger charge is 2.30. The minimum atomic E-state index is -0.672. The van der Waals surface area contributed by atoms with Gasteiger partial charge in [-0.05, 0) is 44.0 Å². The van der Waals surface area contributed by atoms with Crippen LogP contribution in [0, 0.1) is 11.8 Å². The molecule has 0 saturated carbocycles. The molecule has 4 N–H and O–H groups in total. The molecule has 200 valence electrons. The Labute approximate surface area is 212 Å². The summed E-state index contributed by atoms with van der Waals surface area (Å²) in [5.74, 6) is 0.850. The highest BCUT2D eigenvalue weighted by molar-refractivity contribution is 5.92. The lowest BCUT2D eigenvalue weighted by Crippen LogP contribution is -2.46. The van der Waals surface area contributed by atoms with Gasteiger partial charge < -0.3 is 30.4 Å². The first kappa shape index (κ1) is 30.8. The largest absolute Gasteiger partial charge is 0.496 e. The van der Waals surface area contributed by atoms with E-state index in [1.165, 1.54) is 7.11 Å². The molecule has 0 radical (unpaired) electrons. The van der Waals surface area contributed by atoms with Crippen molar-refractivity contribution in [3.05, 3.63) is 30.0 Å². The number of carbonyl (C=O) groups excluding carboxylic acids is 4. The van der Waals surface area contributed by atoms with Crippen LogP contribution in [0.3, 0.4) is 0 Å². The SMILES string of the molecule is CC(C)C.CNCC(=O)NC(CC1CCNC1=O)C(=O)COC.COc1cccc2[nH]c(C=O)cc12. The molecule has 36 heavy (non-hydrogen) atoms. The third-order valence-corrected chi connectivity index (χ3v) is 5.02. The van der Waals surface area contributed by atoms with Gasteiger partial charge in [-0.15, -0.1) is 0 Å². The van der Waals surface area contributed by atoms with E-state index >= 15 is 0 Å². The lowest BCUT2D eigenvalue weighted by Gasteiger charge is -2.19. The third kappa shape index (κ3) is 10.6. The van der Waals surface area contributed by atoms with Gasteiger partial charge in [-0.2, -0.15) is 0 Å². The van der Waals surface area contributed by atoms with E-state index in [0.29, 0.717) is 25.1 Å². The van der Waals surface area contributed by atoms with Crippen LogP contribution in [0.1, 0.15) is 44.1 Å². The number of ketones is 1. The molecule has 10 heteroatoms. The molecular weight excluding hydrogens is 464 g/mol. The number of aromatic amines is 1. The summed E-state index contributed by atoms with van der Waals surface area (Å²) in [7, 11) is 4.69. The summed E-state index contributed by atoms with van der Waals surface area (Å²) in [6.07, 6.45) is 1.81. The zero-order chi connectivity index (χ0) is 27.1. The van der Waals surface area contributed by atoms with Gasteiger partial charge in [0.15, 0.2) is 12.1 Å². The molecule has 2 unspecified atom stereocenters. The maximum atomic E-state index is 11.9. The number of hydrogen-bond donors (Lipinski definition) is 4. The third-order valence-electron chi connectivity index (χ3n) is 5.02. The Morgan fingerprint density at radius 3 is 2.44 bits per heavy atom. The Kier molecular flexibility index (Phi) is 14.1. The molecule has 0 aliphatic carbocycles. The van der Waals surface area contributed by atoms with E-state index in [1.807, 2.05) is 18.2 Å². The van der Waals surface area contributed by atoms with Crippen LogP contribution in [0.2, 0.25) is 0 Å². The van der Waals surface area contributed by atoms with E-state index in [-0.39, 0.29) is 36.7 Å².